The van der Waals surface area contributed by atoms with E-state index in [1.807, 2.05) is 0 Å². The normalized spacial score (nSPS) is 73.9. The Bertz CT molecular complexity index is 383. The lowest BCUT2D eigenvalue weighted by Gasteiger charge is -2.86. The van der Waals surface area contributed by atoms with Gasteiger partial charge in [0.1, 0.15) is 0 Å². The van der Waals surface area contributed by atoms with E-state index in [1.54, 1.807) is 19.3 Å². The second kappa shape index (κ2) is 2.63. The summed E-state index contributed by atoms with van der Waals surface area (Å²) in [6.45, 7) is 7.67. The summed E-state index contributed by atoms with van der Waals surface area (Å²) in [6.07, 6.45) is 6.37. The molecule has 0 aliphatic heterocycles. The van der Waals surface area contributed by atoms with Crippen LogP contribution in [0.3, 0.4) is 0 Å². The van der Waals surface area contributed by atoms with Crippen LogP contribution in [0.2, 0.25) is 0 Å². The second-order valence-corrected chi connectivity index (χ2v) is 8.32. The summed E-state index contributed by atoms with van der Waals surface area (Å²) in [5.74, 6) is 10.3. The van der Waals surface area contributed by atoms with Crippen molar-refractivity contribution in [3.05, 3.63) is 0 Å². The highest BCUT2D eigenvalue weighted by molar-refractivity contribution is 5.28. The van der Waals surface area contributed by atoms with Crippen LogP contribution < -0.4 is 0 Å². The van der Waals surface area contributed by atoms with E-state index < -0.39 is 0 Å². The van der Waals surface area contributed by atoms with Gasteiger partial charge in [0.05, 0.1) is 0 Å². The maximum Gasteiger partial charge on any atom is -0.0199 e. The summed E-state index contributed by atoms with van der Waals surface area (Å²) in [7, 11) is 0. The molecule has 0 aromatic rings. The summed E-state index contributed by atoms with van der Waals surface area (Å²) in [6, 6.07) is 0. The van der Waals surface area contributed by atoms with Crippen molar-refractivity contribution in [3.8, 4) is 0 Å². The van der Waals surface area contributed by atoms with Gasteiger partial charge in [0.15, 0.2) is 0 Å². The third-order valence-electron chi connectivity index (χ3n) is 8.71. The maximum atomic E-state index is 2.63. The highest BCUT2D eigenvalue weighted by Gasteiger charge is 2.80. The first kappa shape index (κ1) is 9.87. The van der Waals surface area contributed by atoms with Gasteiger partial charge in [-0.2, -0.15) is 0 Å². The number of hydrogen-bond acceptors (Lipinski definition) is 0. The fourth-order valence-corrected chi connectivity index (χ4v) is 8.25. The largest absolute Gasteiger partial charge is 0.0651 e. The minimum absolute atomic E-state index is 0.872. The van der Waals surface area contributed by atoms with E-state index in [-0.39, 0.29) is 0 Å². The first-order valence-electron chi connectivity index (χ1n) is 8.20. The predicted octanol–water partition coefficient (Wildman–Crippen LogP) is 4.21. The molecule has 6 fully saturated rings. The Labute approximate surface area is 106 Å². The summed E-state index contributed by atoms with van der Waals surface area (Å²) >= 11 is 0. The van der Waals surface area contributed by atoms with E-state index in [0.717, 1.165) is 29.1 Å². The van der Waals surface area contributed by atoms with E-state index in [1.165, 1.54) is 36.0 Å². The van der Waals surface area contributed by atoms with Crippen LogP contribution in [0, 0.1) is 58.7 Å². The first-order chi connectivity index (χ1) is 8.20. The molecule has 0 heteroatoms. The molecule has 6 aliphatic carbocycles. The highest BCUT2D eigenvalue weighted by Crippen LogP contribution is 2.86. The quantitative estimate of drug-likeness (QED) is 0.633. The van der Waals surface area contributed by atoms with Gasteiger partial charge in [-0.25, -0.2) is 0 Å². The van der Waals surface area contributed by atoms with Crippen LogP contribution in [-0.4, -0.2) is 0 Å². The van der Waals surface area contributed by atoms with Gasteiger partial charge in [0.25, 0.3) is 0 Å². The van der Waals surface area contributed by atoms with Crippen LogP contribution >= 0.6 is 0 Å². The monoisotopic (exact) mass is 230 g/mol. The molecule has 0 radical (unpaired) electrons. The lowest BCUT2D eigenvalue weighted by Crippen LogP contribution is -2.80. The van der Waals surface area contributed by atoms with Crippen LogP contribution in [-0.2, 0) is 0 Å². The Balaban J connectivity index is 1.60. The van der Waals surface area contributed by atoms with Gasteiger partial charge in [-0.1, -0.05) is 27.2 Å². The van der Waals surface area contributed by atoms with Crippen LogP contribution in [0.25, 0.3) is 0 Å². The Morgan fingerprint density at radius 2 is 1.82 bits per heavy atom. The zero-order valence-electron chi connectivity index (χ0n) is 11.5. The molecule has 6 rings (SSSR count). The van der Waals surface area contributed by atoms with Crippen molar-refractivity contribution >= 4 is 0 Å². The van der Waals surface area contributed by atoms with Gasteiger partial charge < -0.3 is 0 Å². The Morgan fingerprint density at radius 1 is 1.06 bits per heavy atom. The van der Waals surface area contributed by atoms with Crippen molar-refractivity contribution in [2.75, 3.05) is 0 Å². The van der Waals surface area contributed by atoms with E-state index in [4.69, 9.17) is 0 Å². The van der Waals surface area contributed by atoms with Gasteiger partial charge in [-0.3, -0.25) is 0 Å². The summed E-state index contributed by atoms with van der Waals surface area (Å²) in [4.78, 5) is 0. The number of rotatable bonds is 1. The molecule has 0 nitrogen and oxygen atoms in total. The van der Waals surface area contributed by atoms with E-state index in [9.17, 15) is 0 Å². The topological polar surface area (TPSA) is 0 Å². The van der Waals surface area contributed by atoms with Gasteiger partial charge >= 0.3 is 0 Å². The molecule has 0 amide bonds. The lowest BCUT2D eigenvalue weighted by atomic mass is 9.19. The fraction of sp³-hybridized carbons (Fsp3) is 1.00. The smallest absolute Gasteiger partial charge is 0.0199 e. The standard InChI is InChI=1S/C17H26/c1-4-10-7-17-9(3)8(2)14-11-5-12(14)16(17)13(6-11)15(10)17/h8-16H,4-7H2,1-3H3. The molecular formula is C17H26. The van der Waals surface area contributed by atoms with Crippen molar-refractivity contribution in [1.82, 2.24) is 0 Å². The zero-order valence-corrected chi connectivity index (χ0v) is 11.5. The van der Waals surface area contributed by atoms with Crippen molar-refractivity contribution < 1.29 is 0 Å². The molecule has 0 aromatic heterocycles. The van der Waals surface area contributed by atoms with Crippen LogP contribution in [0.4, 0.5) is 0 Å². The summed E-state index contributed by atoms with van der Waals surface area (Å²) in [5.41, 5.74) is 0.872. The average molecular weight is 230 g/mol. The molecule has 10 atom stereocenters. The molecule has 0 aromatic carbocycles. The van der Waals surface area contributed by atoms with Crippen molar-refractivity contribution in [3.63, 3.8) is 0 Å². The van der Waals surface area contributed by atoms with Gasteiger partial charge in [0.2, 0.25) is 0 Å². The van der Waals surface area contributed by atoms with Crippen LogP contribution in [0.1, 0.15) is 46.5 Å². The molecule has 0 heterocycles. The maximum absolute atomic E-state index is 2.63. The van der Waals surface area contributed by atoms with Crippen molar-refractivity contribution in [2.45, 2.75) is 46.5 Å². The summed E-state index contributed by atoms with van der Waals surface area (Å²) in [5, 5.41) is 0. The van der Waals surface area contributed by atoms with Crippen molar-refractivity contribution in [2.24, 2.45) is 58.7 Å². The SMILES string of the molecule is CCC1CC23C(C)C(C)C4C5CC4C2C(C5)C13. The van der Waals surface area contributed by atoms with E-state index in [0.29, 0.717) is 0 Å². The Hall–Kier alpha value is 0. The molecule has 4 bridgehead atoms. The Morgan fingerprint density at radius 3 is 2.59 bits per heavy atom. The van der Waals surface area contributed by atoms with Gasteiger partial charge in [-0.05, 0) is 77.9 Å². The molecule has 10 unspecified atom stereocenters. The third kappa shape index (κ3) is 0.742. The number of hydrogen-bond donors (Lipinski definition) is 0. The first-order valence-corrected chi connectivity index (χ1v) is 8.20. The predicted molar refractivity (Wildman–Crippen MR) is 69.3 cm³/mol. The average Bonchev–Trinajstić information content (AvgIpc) is 2.27. The Kier molecular flexibility index (Phi) is 1.53. The minimum atomic E-state index is 0.872. The molecule has 94 valence electrons. The molecular weight excluding hydrogens is 204 g/mol. The minimum Gasteiger partial charge on any atom is -0.0651 e. The zero-order chi connectivity index (χ0) is 11.5. The van der Waals surface area contributed by atoms with E-state index in [2.05, 4.69) is 20.8 Å². The molecule has 0 N–H and O–H groups in total. The fourth-order valence-electron chi connectivity index (χ4n) is 8.25. The molecule has 6 saturated carbocycles. The lowest BCUT2D eigenvalue weighted by molar-refractivity contribution is -0.380. The second-order valence-electron chi connectivity index (χ2n) is 8.32. The van der Waals surface area contributed by atoms with Crippen molar-refractivity contribution in [1.29, 1.82) is 0 Å². The molecule has 0 saturated heterocycles. The highest BCUT2D eigenvalue weighted by atomic mass is 14.8. The van der Waals surface area contributed by atoms with E-state index >= 15 is 0 Å². The molecule has 6 aliphatic rings. The van der Waals surface area contributed by atoms with Crippen LogP contribution in [0.15, 0.2) is 0 Å². The third-order valence-corrected chi connectivity index (χ3v) is 8.71. The summed E-state index contributed by atoms with van der Waals surface area (Å²) < 4.78 is 0. The molecule has 1 spiro atoms. The van der Waals surface area contributed by atoms with Gasteiger partial charge in [-0.15, -0.1) is 0 Å². The van der Waals surface area contributed by atoms with Crippen LogP contribution in [0.5, 0.6) is 0 Å². The van der Waals surface area contributed by atoms with Gasteiger partial charge in [0, 0.05) is 0 Å². The molecule has 17 heavy (non-hydrogen) atoms.